The number of fused-ring (bicyclic) bond motifs is 1. The van der Waals surface area contributed by atoms with Crippen molar-refractivity contribution >= 4 is 56.9 Å². The first-order valence-corrected chi connectivity index (χ1v) is 10.9. The van der Waals surface area contributed by atoms with E-state index in [1.165, 1.54) is 10.6 Å². The molecule has 0 aliphatic carbocycles. The zero-order valence-corrected chi connectivity index (χ0v) is 19.7. The maximum absolute atomic E-state index is 14.9. The average Bonchev–Trinajstić information content (AvgIpc) is 2.99. The third kappa shape index (κ3) is 3.80. The number of amides is 1. The quantitative estimate of drug-likeness (QED) is 0.423. The Bertz CT molecular complexity index is 1140. The lowest BCUT2D eigenvalue weighted by Crippen LogP contribution is -2.22. The molecule has 8 heteroatoms. The molecule has 1 aromatic heterocycles. The lowest BCUT2D eigenvalue weighted by Gasteiger charge is -2.13. The van der Waals surface area contributed by atoms with E-state index in [1.54, 1.807) is 26.0 Å². The molecule has 1 heterocycles. The van der Waals surface area contributed by atoms with Crippen molar-refractivity contribution in [3.8, 4) is 5.75 Å². The van der Waals surface area contributed by atoms with Crippen molar-refractivity contribution in [1.29, 1.82) is 0 Å². The molecule has 3 rings (SSSR count). The molecule has 0 fully saturated rings. The Hall–Kier alpha value is -2.13. The summed E-state index contributed by atoms with van der Waals surface area (Å²) in [5, 5.41) is 0.246. The summed E-state index contributed by atoms with van der Waals surface area (Å²) in [7, 11) is 0. The number of nitrogens with two attached hydrogens (primary N) is 1. The predicted molar refractivity (Wildman–Crippen MR) is 124 cm³/mol. The summed E-state index contributed by atoms with van der Waals surface area (Å²) in [5.41, 5.74) is 7.31. The Morgan fingerprint density at radius 3 is 2.43 bits per heavy atom. The predicted octanol–water partition coefficient (Wildman–Crippen LogP) is 5.41. The number of carbonyl (C=O) groups is 2. The summed E-state index contributed by atoms with van der Waals surface area (Å²) >= 11 is 8.54. The summed E-state index contributed by atoms with van der Waals surface area (Å²) in [6.45, 7) is 5.50. The van der Waals surface area contributed by atoms with Gasteiger partial charge in [0.1, 0.15) is 5.02 Å². The van der Waals surface area contributed by atoms with E-state index in [0.29, 0.717) is 28.6 Å². The van der Waals surface area contributed by atoms with Gasteiger partial charge in [-0.05, 0) is 78.8 Å². The number of carbonyl (C=O) groups excluding carboxylic acids is 2. The van der Waals surface area contributed by atoms with Crippen molar-refractivity contribution in [2.45, 2.75) is 33.1 Å². The Morgan fingerprint density at radius 2 is 1.90 bits per heavy atom. The van der Waals surface area contributed by atoms with Crippen LogP contribution >= 0.6 is 34.2 Å². The second-order valence-corrected chi connectivity index (χ2v) is 8.47. The highest BCUT2D eigenvalue weighted by atomic mass is 127. The summed E-state index contributed by atoms with van der Waals surface area (Å²) in [4.78, 5) is 25.6. The molecule has 1 unspecified atom stereocenters. The van der Waals surface area contributed by atoms with E-state index in [4.69, 9.17) is 22.1 Å². The number of nitrogens with zero attached hydrogens (tertiary/aromatic N) is 1. The van der Waals surface area contributed by atoms with Crippen molar-refractivity contribution < 1.29 is 18.7 Å². The Labute approximate surface area is 192 Å². The fourth-order valence-electron chi connectivity index (χ4n) is 3.72. The van der Waals surface area contributed by atoms with Gasteiger partial charge in [0, 0.05) is 20.2 Å². The van der Waals surface area contributed by atoms with Crippen LogP contribution in [0, 0.1) is 16.3 Å². The van der Waals surface area contributed by atoms with Gasteiger partial charge in [-0.3, -0.25) is 14.2 Å². The smallest absolute Gasteiger partial charge is 0.262 e. The summed E-state index contributed by atoms with van der Waals surface area (Å²) in [6.07, 6.45) is 0.423. The molecular formula is C22H21ClFIN2O3. The van der Waals surface area contributed by atoms with E-state index >= 15 is 0 Å². The van der Waals surface area contributed by atoms with Crippen LogP contribution in [0.2, 0.25) is 5.02 Å². The van der Waals surface area contributed by atoms with E-state index in [2.05, 4.69) is 22.6 Å². The molecule has 1 atom stereocenters. The van der Waals surface area contributed by atoms with E-state index in [-0.39, 0.29) is 28.8 Å². The SMILES string of the molecule is CCOc1cc2c(C(CC)C(N)=O)c(C)n(C(=O)c3ccc(I)cc3)c2c(Cl)c1F. The summed E-state index contributed by atoms with van der Waals surface area (Å²) in [6, 6.07) is 8.50. The van der Waals surface area contributed by atoms with Crippen LogP contribution in [-0.4, -0.2) is 23.0 Å². The molecule has 0 aliphatic heterocycles. The number of aromatic nitrogens is 1. The zero-order chi connectivity index (χ0) is 22.2. The summed E-state index contributed by atoms with van der Waals surface area (Å²) < 4.78 is 22.7. The van der Waals surface area contributed by atoms with Crippen molar-refractivity contribution in [3.05, 3.63) is 61.6 Å². The van der Waals surface area contributed by atoms with Gasteiger partial charge in [-0.25, -0.2) is 4.39 Å². The number of hydrogen-bond donors (Lipinski definition) is 1. The molecule has 30 heavy (non-hydrogen) atoms. The number of benzene rings is 2. The minimum Gasteiger partial charge on any atom is -0.491 e. The monoisotopic (exact) mass is 542 g/mol. The minimum absolute atomic E-state index is 0.0329. The average molecular weight is 543 g/mol. The molecule has 0 spiro atoms. The standard InChI is InChI=1S/C22H21ClFIN2O3/c1-4-14(21(26)28)17-11(3)27(22(29)12-6-8-13(25)9-7-12)20-15(17)10-16(30-5-2)19(24)18(20)23/h6-10,14H,4-5H2,1-3H3,(H2,26,28). The van der Waals surface area contributed by atoms with Crippen LogP contribution in [-0.2, 0) is 4.79 Å². The molecule has 0 bridgehead atoms. The van der Waals surface area contributed by atoms with E-state index in [9.17, 15) is 14.0 Å². The van der Waals surface area contributed by atoms with Crippen molar-refractivity contribution in [2.24, 2.45) is 5.73 Å². The molecule has 0 aliphatic rings. The fraction of sp³-hybridized carbons (Fsp3) is 0.273. The van der Waals surface area contributed by atoms with Crippen molar-refractivity contribution in [3.63, 3.8) is 0 Å². The van der Waals surface area contributed by atoms with Crippen LogP contribution in [0.15, 0.2) is 30.3 Å². The van der Waals surface area contributed by atoms with Crippen molar-refractivity contribution in [1.82, 2.24) is 4.57 Å². The van der Waals surface area contributed by atoms with Gasteiger partial charge in [0.2, 0.25) is 5.91 Å². The second-order valence-electron chi connectivity index (χ2n) is 6.84. The number of hydrogen-bond acceptors (Lipinski definition) is 3. The highest BCUT2D eigenvalue weighted by Crippen LogP contribution is 2.41. The number of rotatable bonds is 6. The minimum atomic E-state index is -0.751. The first kappa shape index (κ1) is 22.6. The van der Waals surface area contributed by atoms with Gasteiger partial charge in [0.05, 0.1) is 18.0 Å². The van der Waals surface area contributed by atoms with Gasteiger partial charge in [0.15, 0.2) is 11.6 Å². The highest BCUT2D eigenvalue weighted by Gasteiger charge is 2.30. The normalized spacial score (nSPS) is 12.2. The molecule has 0 saturated heterocycles. The Morgan fingerprint density at radius 1 is 1.27 bits per heavy atom. The van der Waals surface area contributed by atoms with E-state index in [0.717, 1.165) is 3.57 Å². The largest absolute Gasteiger partial charge is 0.491 e. The molecule has 1 amide bonds. The molecule has 5 nitrogen and oxygen atoms in total. The van der Waals surface area contributed by atoms with Crippen LogP contribution in [0.4, 0.5) is 4.39 Å². The lowest BCUT2D eigenvalue weighted by molar-refractivity contribution is -0.119. The van der Waals surface area contributed by atoms with Gasteiger partial charge in [0.25, 0.3) is 5.91 Å². The van der Waals surface area contributed by atoms with Crippen LogP contribution in [0.1, 0.15) is 47.8 Å². The molecule has 2 N–H and O–H groups in total. The Balaban J connectivity index is 2.41. The van der Waals surface area contributed by atoms with Gasteiger partial charge >= 0.3 is 0 Å². The fourth-order valence-corrected chi connectivity index (χ4v) is 4.36. The second kappa shape index (κ2) is 8.93. The molecule has 0 radical (unpaired) electrons. The number of halogens is 3. The molecule has 2 aromatic carbocycles. The highest BCUT2D eigenvalue weighted by molar-refractivity contribution is 14.1. The number of primary amides is 1. The molecule has 0 saturated carbocycles. The van der Waals surface area contributed by atoms with Gasteiger partial charge in [-0.15, -0.1) is 0 Å². The van der Waals surface area contributed by atoms with Gasteiger partial charge in [-0.1, -0.05) is 18.5 Å². The van der Waals surface area contributed by atoms with Crippen LogP contribution in [0.3, 0.4) is 0 Å². The first-order valence-electron chi connectivity index (χ1n) is 9.48. The lowest BCUT2D eigenvalue weighted by atomic mass is 9.93. The molecule has 158 valence electrons. The third-order valence-electron chi connectivity index (χ3n) is 5.08. The molecule has 3 aromatic rings. The van der Waals surface area contributed by atoms with Gasteiger partial charge in [-0.2, -0.15) is 0 Å². The van der Waals surface area contributed by atoms with Crippen LogP contribution < -0.4 is 10.5 Å². The zero-order valence-electron chi connectivity index (χ0n) is 16.8. The van der Waals surface area contributed by atoms with Crippen LogP contribution in [0.5, 0.6) is 5.75 Å². The van der Waals surface area contributed by atoms with Crippen LogP contribution in [0.25, 0.3) is 10.9 Å². The topological polar surface area (TPSA) is 74.3 Å². The van der Waals surface area contributed by atoms with E-state index < -0.39 is 17.6 Å². The summed E-state index contributed by atoms with van der Waals surface area (Å²) in [5.74, 6) is -2.34. The Kier molecular flexibility index (Phi) is 6.71. The number of ether oxygens (including phenoxy) is 1. The van der Waals surface area contributed by atoms with E-state index in [1.807, 2.05) is 19.1 Å². The van der Waals surface area contributed by atoms with Crippen molar-refractivity contribution in [2.75, 3.05) is 6.61 Å². The van der Waals surface area contributed by atoms with Gasteiger partial charge < -0.3 is 10.5 Å². The third-order valence-corrected chi connectivity index (χ3v) is 6.14. The first-order chi connectivity index (χ1) is 14.2. The maximum Gasteiger partial charge on any atom is 0.262 e. The maximum atomic E-state index is 14.9. The molecular weight excluding hydrogens is 522 g/mol.